The summed E-state index contributed by atoms with van der Waals surface area (Å²) in [5.41, 5.74) is 3.47. The van der Waals surface area contributed by atoms with Crippen LogP contribution in [-0.2, 0) is 5.41 Å². The molecule has 1 atom stereocenters. The van der Waals surface area contributed by atoms with Crippen molar-refractivity contribution in [3.8, 4) is 11.5 Å². The van der Waals surface area contributed by atoms with Gasteiger partial charge in [0.05, 0.1) is 0 Å². The van der Waals surface area contributed by atoms with E-state index in [2.05, 4.69) is 26.5 Å². The Balaban J connectivity index is 0.000000817. The monoisotopic (exact) mass is 370 g/mol. The van der Waals surface area contributed by atoms with Crippen LogP contribution < -0.4 is 0 Å². The van der Waals surface area contributed by atoms with Crippen LogP contribution in [0.1, 0.15) is 102 Å². The van der Waals surface area contributed by atoms with Gasteiger partial charge in [0.1, 0.15) is 11.5 Å². The fourth-order valence-corrected chi connectivity index (χ4v) is 4.37. The second kappa shape index (κ2) is 10.0. The first-order valence-corrected chi connectivity index (χ1v) is 10.8. The number of phenolic OH excluding ortho intramolecular Hbond substituents is 2. The molecule has 3 rings (SSSR count). The van der Waals surface area contributed by atoms with E-state index in [4.69, 9.17) is 0 Å². The fourth-order valence-electron chi connectivity index (χ4n) is 4.37. The van der Waals surface area contributed by atoms with E-state index >= 15 is 0 Å². The summed E-state index contributed by atoms with van der Waals surface area (Å²) >= 11 is 0. The molecule has 1 saturated carbocycles. The Morgan fingerprint density at radius 1 is 1.15 bits per heavy atom. The molecule has 0 amide bonds. The molecule has 1 aromatic rings. The zero-order valence-corrected chi connectivity index (χ0v) is 17.6. The van der Waals surface area contributed by atoms with Gasteiger partial charge in [-0.3, -0.25) is 0 Å². The van der Waals surface area contributed by atoms with Gasteiger partial charge in [0.15, 0.2) is 0 Å². The van der Waals surface area contributed by atoms with Crippen LogP contribution in [0, 0.1) is 0 Å². The molecule has 0 saturated heterocycles. The van der Waals surface area contributed by atoms with Crippen molar-refractivity contribution < 1.29 is 10.2 Å². The molecule has 2 aliphatic rings. The SMILES string of the molecule is C=CC.CCCCCCC1(c2cc(O)c([C@@H]3C=C(C)CCC3)c(O)c2)CC1. The molecule has 2 heteroatoms. The molecule has 0 aromatic heterocycles. The predicted octanol–water partition coefficient (Wildman–Crippen LogP) is 7.51. The first-order valence-electron chi connectivity index (χ1n) is 10.8. The summed E-state index contributed by atoms with van der Waals surface area (Å²) in [5, 5.41) is 21.2. The smallest absolute Gasteiger partial charge is 0.123 e. The maximum absolute atomic E-state index is 10.6. The normalized spacial score (nSPS) is 20.3. The van der Waals surface area contributed by atoms with Gasteiger partial charge in [0, 0.05) is 11.5 Å². The van der Waals surface area contributed by atoms with Crippen LogP contribution in [0.15, 0.2) is 36.4 Å². The molecule has 1 aromatic carbocycles. The number of allylic oxidation sites excluding steroid dienone is 3. The molecule has 0 unspecified atom stereocenters. The van der Waals surface area contributed by atoms with Crippen molar-refractivity contribution in [1.82, 2.24) is 0 Å². The largest absolute Gasteiger partial charge is 0.507 e. The maximum atomic E-state index is 10.6. The number of aromatic hydroxyl groups is 2. The quantitative estimate of drug-likeness (QED) is 0.385. The average Bonchev–Trinajstić information content (AvgIpc) is 3.40. The van der Waals surface area contributed by atoms with Gasteiger partial charge in [-0.2, -0.15) is 0 Å². The highest BCUT2D eigenvalue weighted by Crippen LogP contribution is 2.54. The second-order valence-electron chi connectivity index (χ2n) is 8.44. The van der Waals surface area contributed by atoms with Crippen LogP contribution in [0.4, 0.5) is 0 Å². The van der Waals surface area contributed by atoms with E-state index in [0.29, 0.717) is 11.5 Å². The topological polar surface area (TPSA) is 40.5 Å². The van der Waals surface area contributed by atoms with Crippen LogP contribution in [-0.4, -0.2) is 10.2 Å². The summed E-state index contributed by atoms with van der Waals surface area (Å²) in [6.07, 6.45) is 15.9. The van der Waals surface area contributed by atoms with Gasteiger partial charge in [0.2, 0.25) is 0 Å². The van der Waals surface area contributed by atoms with Crippen LogP contribution in [0.5, 0.6) is 11.5 Å². The third-order valence-corrected chi connectivity index (χ3v) is 6.05. The van der Waals surface area contributed by atoms with E-state index in [9.17, 15) is 10.2 Å². The summed E-state index contributed by atoms with van der Waals surface area (Å²) in [7, 11) is 0. The van der Waals surface area contributed by atoms with Crippen molar-refractivity contribution >= 4 is 0 Å². The summed E-state index contributed by atoms with van der Waals surface area (Å²) in [6.45, 7) is 9.63. The summed E-state index contributed by atoms with van der Waals surface area (Å²) < 4.78 is 0. The van der Waals surface area contributed by atoms with Gasteiger partial charge in [-0.25, -0.2) is 0 Å². The van der Waals surface area contributed by atoms with Crippen molar-refractivity contribution in [3.63, 3.8) is 0 Å². The van der Waals surface area contributed by atoms with E-state index in [0.717, 1.165) is 30.4 Å². The molecule has 150 valence electrons. The Hall–Kier alpha value is -1.70. The molecule has 1 fully saturated rings. The predicted molar refractivity (Wildman–Crippen MR) is 116 cm³/mol. The highest BCUT2D eigenvalue weighted by atomic mass is 16.3. The van der Waals surface area contributed by atoms with Gasteiger partial charge in [-0.05, 0) is 75.5 Å². The van der Waals surface area contributed by atoms with Gasteiger partial charge in [-0.15, -0.1) is 6.58 Å². The molecule has 0 bridgehead atoms. The lowest BCUT2D eigenvalue weighted by molar-refractivity contribution is 0.424. The standard InChI is InChI=1S/C22H32O2.C3H6/c1-3-4-5-6-10-22(11-12-22)18-14-19(23)21(20(24)15-18)17-9-7-8-16(2)13-17;1-3-2/h13-15,17,23-24H,3-12H2,1-2H3;3H,1H2,2H3/t17-;/m0./s1. The Kier molecular flexibility index (Phi) is 8.01. The van der Waals surface area contributed by atoms with Crippen LogP contribution >= 0.6 is 0 Å². The van der Waals surface area contributed by atoms with Gasteiger partial charge >= 0.3 is 0 Å². The number of phenols is 2. The number of hydrogen-bond acceptors (Lipinski definition) is 2. The number of benzene rings is 1. The molecule has 2 N–H and O–H groups in total. The maximum Gasteiger partial charge on any atom is 0.123 e. The van der Waals surface area contributed by atoms with Gasteiger partial charge in [0.25, 0.3) is 0 Å². The summed E-state index contributed by atoms with van der Waals surface area (Å²) in [4.78, 5) is 0. The first kappa shape index (κ1) is 21.6. The van der Waals surface area contributed by atoms with Gasteiger partial charge in [-0.1, -0.05) is 50.3 Å². The molecule has 0 aliphatic heterocycles. The third kappa shape index (κ3) is 5.64. The minimum atomic E-state index is 0.160. The van der Waals surface area contributed by atoms with Crippen molar-refractivity contribution in [3.05, 3.63) is 47.6 Å². The van der Waals surface area contributed by atoms with E-state index in [1.165, 1.54) is 50.5 Å². The molecular formula is C25H38O2. The number of hydrogen-bond donors (Lipinski definition) is 2. The lowest BCUT2D eigenvalue weighted by atomic mass is 9.82. The highest BCUT2D eigenvalue weighted by molar-refractivity contribution is 5.53. The first-order chi connectivity index (χ1) is 13.0. The lowest BCUT2D eigenvalue weighted by Crippen LogP contribution is -2.08. The fraction of sp³-hybridized carbons (Fsp3) is 0.600. The Bertz CT molecular complexity index is 629. The van der Waals surface area contributed by atoms with E-state index in [1.54, 1.807) is 6.08 Å². The summed E-state index contributed by atoms with van der Waals surface area (Å²) in [6, 6.07) is 3.89. The molecule has 0 spiro atoms. The van der Waals surface area contributed by atoms with Crippen LogP contribution in [0.2, 0.25) is 0 Å². The van der Waals surface area contributed by atoms with E-state index < -0.39 is 0 Å². The molecule has 27 heavy (non-hydrogen) atoms. The lowest BCUT2D eigenvalue weighted by Gasteiger charge is -2.24. The minimum Gasteiger partial charge on any atom is -0.507 e. The van der Waals surface area contributed by atoms with Crippen molar-refractivity contribution in [2.45, 2.75) is 96.3 Å². The third-order valence-electron chi connectivity index (χ3n) is 6.05. The van der Waals surface area contributed by atoms with Crippen LogP contribution in [0.25, 0.3) is 0 Å². The van der Waals surface area contributed by atoms with Crippen molar-refractivity contribution in [2.24, 2.45) is 0 Å². The number of unbranched alkanes of at least 4 members (excludes halogenated alkanes) is 3. The van der Waals surface area contributed by atoms with E-state index in [-0.39, 0.29) is 11.3 Å². The van der Waals surface area contributed by atoms with Crippen molar-refractivity contribution in [2.75, 3.05) is 0 Å². The average molecular weight is 371 g/mol. The van der Waals surface area contributed by atoms with Crippen molar-refractivity contribution in [1.29, 1.82) is 0 Å². The molecular weight excluding hydrogens is 332 g/mol. The minimum absolute atomic E-state index is 0.160. The van der Waals surface area contributed by atoms with Gasteiger partial charge < -0.3 is 10.2 Å². The molecule has 0 radical (unpaired) electrons. The van der Waals surface area contributed by atoms with Crippen LogP contribution in [0.3, 0.4) is 0 Å². The zero-order valence-electron chi connectivity index (χ0n) is 17.6. The number of rotatable bonds is 7. The Labute approximate surface area is 166 Å². The summed E-state index contributed by atoms with van der Waals surface area (Å²) in [5.74, 6) is 0.745. The Morgan fingerprint density at radius 3 is 2.30 bits per heavy atom. The highest BCUT2D eigenvalue weighted by Gasteiger charge is 2.44. The Morgan fingerprint density at radius 2 is 1.78 bits per heavy atom. The second-order valence-corrected chi connectivity index (χ2v) is 8.44. The molecule has 2 nitrogen and oxygen atoms in total. The zero-order chi connectivity index (χ0) is 19.9. The molecule has 0 heterocycles. The molecule has 2 aliphatic carbocycles. The van der Waals surface area contributed by atoms with E-state index in [1.807, 2.05) is 19.1 Å².